The van der Waals surface area contributed by atoms with Crippen LogP contribution in [-0.4, -0.2) is 33.8 Å². The summed E-state index contributed by atoms with van der Waals surface area (Å²) in [4.78, 5) is 6.55. The molecule has 1 aromatic heterocycles. The van der Waals surface area contributed by atoms with Crippen LogP contribution in [0, 0.1) is 0 Å². The fourth-order valence-corrected chi connectivity index (χ4v) is 1.10. The quantitative estimate of drug-likeness (QED) is 0.699. The number of hydrogen-bond acceptors (Lipinski definition) is 3. The Balaban J connectivity index is 2.83. The molecule has 0 aliphatic heterocycles. The maximum Gasteiger partial charge on any atom is 0.153 e. The molecule has 0 atom stereocenters. The van der Waals surface area contributed by atoms with Crippen LogP contribution in [0.3, 0.4) is 0 Å². The summed E-state index contributed by atoms with van der Waals surface area (Å²) < 4.78 is 1.86. The molecular weight excluding hydrogens is 164 g/mol. The molecule has 4 heteroatoms. The minimum atomic E-state index is 0.405. The predicted octanol–water partition coefficient (Wildman–Crippen LogP) is 1.00. The molecule has 74 valence electrons. The lowest BCUT2D eigenvalue weighted by molar-refractivity contribution is 0.381. The van der Waals surface area contributed by atoms with Crippen molar-refractivity contribution in [2.45, 2.75) is 26.3 Å². The molecule has 1 aromatic rings. The third kappa shape index (κ3) is 2.52. The van der Waals surface area contributed by atoms with Crippen LogP contribution in [0.15, 0.2) is 0 Å². The second-order valence-electron chi connectivity index (χ2n) is 3.90. The average Bonchev–Trinajstić information content (AvgIpc) is 2.31. The maximum atomic E-state index is 4.46. The largest absolute Gasteiger partial charge is 0.302 e. The number of aryl methyl sites for hydroxylation is 1. The second-order valence-corrected chi connectivity index (χ2v) is 3.90. The Morgan fingerprint density at radius 1 is 1.38 bits per heavy atom. The SMILES string of the molecule is CC(C)c1nc(CN(C)C)n(C)n1. The van der Waals surface area contributed by atoms with Gasteiger partial charge in [0.15, 0.2) is 5.82 Å². The van der Waals surface area contributed by atoms with Crippen molar-refractivity contribution in [1.29, 1.82) is 0 Å². The minimum absolute atomic E-state index is 0.405. The molecule has 1 rings (SSSR count). The Bertz CT molecular complexity index is 275. The highest BCUT2D eigenvalue weighted by molar-refractivity contribution is 4.96. The van der Waals surface area contributed by atoms with Gasteiger partial charge in [0.1, 0.15) is 5.82 Å². The highest BCUT2D eigenvalue weighted by Gasteiger charge is 2.10. The van der Waals surface area contributed by atoms with Gasteiger partial charge in [-0.25, -0.2) is 4.98 Å². The van der Waals surface area contributed by atoms with E-state index in [1.807, 2.05) is 25.8 Å². The smallest absolute Gasteiger partial charge is 0.153 e. The van der Waals surface area contributed by atoms with Crippen LogP contribution in [0.5, 0.6) is 0 Å². The van der Waals surface area contributed by atoms with Crippen molar-refractivity contribution in [3.63, 3.8) is 0 Å². The summed E-state index contributed by atoms with van der Waals surface area (Å²) in [6.45, 7) is 5.06. The number of nitrogens with zero attached hydrogens (tertiary/aromatic N) is 4. The molecule has 0 bridgehead atoms. The van der Waals surface area contributed by atoms with Gasteiger partial charge in [-0.1, -0.05) is 13.8 Å². The lowest BCUT2D eigenvalue weighted by atomic mass is 10.2. The van der Waals surface area contributed by atoms with Crippen molar-refractivity contribution < 1.29 is 0 Å². The van der Waals surface area contributed by atoms with Crippen molar-refractivity contribution in [2.24, 2.45) is 7.05 Å². The molecule has 0 amide bonds. The van der Waals surface area contributed by atoms with Gasteiger partial charge in [0.25, 0.3) is 0 Å². The minimum Gasteiger partial charge on any atom is -0.302 e. The molecular formula is C9H18N4. The Kier molecular flexibility index (Phi) is 3.03. The molecule has 0 N–H and O–H groups in total. The van der Waals surface area contributed by atoms with E-state index in [9.17, 15) is 0 Å². The van der Waals surface area contributed by atoms with Gasteiger partial charge in [0.05, 0.1) is 6.54 Å². The zero-order valence-electron chi connectivity index (χ0n) is 9.07. The van der Waals surface area contributed by atoms with Crippen molar-refractivity contribution >= 4 is 0 Å². The molecule has 0 radical (unpaired) electrons. The van der Waals surface area contributed by atoms with E-state index in [4.69, 9.17) is 0 Å². The molecule has 0 aliphatic carbocycles. The first-order valence-corrected chi connectivity index (χ1v) is 4.55. The summed E-state index contributed by atoms with van der Waals surface area (Å²) in [7, 11) is 6.01. The van der Waals surface area contributed by atoms with E-state index in [-0.39, 0.29) is 0 Å². The third-order valence-electron chi connectivity index (χ3n) is 1.84. The Labute approximate surface area is 79.6 Å². The Morgan fingerprint density at radius 3 is 2.38 bits per heavy atom. The van der Waals surface area contributed by atoms with Gasteiger partial charge in [-0.3, -0.25) is 4.68 Å². The van der Waals surface area contributed by atoms with Gasteiger partial charge in [-0.2, -0.15) is 5.10 Å². The van der Waals surface area contributed by atoms with Crippen LogP contribution in [0.1, 0.15) is 31.4 Å². The van der Waals surface area contributed by atoms with E-state index < -0.39 is 0 Å². The Morgan fingerprint density at radius 2 is 2.00 bits per heavy atom. The van der Waals surface area contributed by atoms with Crippen LogP contribution in [0.4, 0.5) is 0 Å². The van der Waals surface area contributed by atoms with Crippen LogP contribution >= 0.6 is 0 Å². The van der Waals surface area contributed by atoms with Gasteiger partial charge in [-0.15, -0.1) is 0 Å². The van der Waals surface area contributed by atoms with E-state index in [1.54, 1.807) is 0 Å². The second kappa shape index (κ2) is 3.87. The number of rotatable bonds is 3. The van der Waals surface area contributed by atoms with Crippen LogP contribution < -0.4 is 0 Å². The van der Waals surface area contributed by atoms with E-state index in [2.05, 4.69) is 28.8 Å². The maximum absolute atomic E-state index is 4.46. The molecule has 0 saturated carbocycles. The summed E-state index contributed by atoms with van der Waals surface area (Å²) in [5, 5.41) is 4.34. The van der Waals surface area contributed by atoms with Crippen LogP contribution in [0.2, 0.25) is 0 Å². The predicted molar refractivity (Wildman–Crippen MR) is 52.5 cm³/mol. The third-order valence-corrected chi connectivity index (χ3v) is 1.84. The molecule has 0 aliphatic rings. The Hall–Kier alpha value is -0.900. The summed E-state index contributed by atoms with van der Waals surface area (Å²) in [5.74, 6) is 2.36. The molecule has 0 aromatic carbocycles. The first-order chi connectivity index (χ1) is 6.00. The molecule has 0 unspecified atom stereocenters. The highest BCUT2D eigenvalue weighted by atomic mass is 15.3. The summed E-state index contributed by atoms with van der Waals surface area (Å²) in [5.41, 5.74) is 0. The normalized spacial score (nSPS) is 11.6. The van der Waals surface area contributed by atoms with Crippen LogP contribution in [-0.2, 0) is 13.6 Å². The van der Waals surface area contributed by atoms with Gasteiger partial charge in [0.2, 0.25) is 0 Å². The van der Waals surface area contributed by atoms with E-state index in [0.29, 0.717) is 5.92 Å². The monoisotopic (exact) mass is 182 g/mol. The fourth-order valence-electron chi connectivity index (χ4n) is 1.10. The van der Waals surface area contributed by atoms with Crippen molar-refractivity contribution in [1.82, 2.24) is 19.7 Å². The van der Waals surface area contributed by atoms with Crippen molar-refractivity contribution in [3.8, 4) is 0 Å². The zero-order chi connectivity index (χ0) is 10.0. The number of hydrogen-bond donors (Lipinski definition) is 0. The highest BCUT2D eigenvalue weighted by Crippen LogP contribution is 2.09. The van der Waals surface area contributed by atoms with Gasteiger partial charge >= 0.3 is 0 Å². The lowest BCUT2D eigenvalue weighted by Gasteiger charge is -2.07. The summed E-state index contributed by atoms with van der Waals surface area (Å²) in [6.07, 6.45) is 0. The molecule has 4 nitrogen and oxygen atoms in total. The first kappa shape index (κ1) is 10.2. The average molecular weight is 182 g/mol. The molecule has 0 fully saturated rings. The van der Waals surface area contributed by atoms with Gasteiger partial charge in [-0.05, 0) is 14.1 Å². The van der Waals surface area contributed by atoms with E-state index >= 15 is 0 Å². The van der Waals surface area contributed by atoms with Gasteiger partial charge in [0, 0.05) is 13.0 Å². The van der Waals surface area contributed by atoms with E-state index in [0.717, 1.165) is 18.2 Å². The molecule has 0 saturated heterocycles. The summed E-state index contributed by atoms with van der Waals surface area (Å²) >= 11 is 0. The first-order valence-electron chi connectivity index (χ1n) is 4.55. The number of aromatic nitrogens is 3. The molecule has 13 heavy (non-hydrogen) atoms. The molecule has 1 heterocycles. The van der Waals surface area contributed by atoms with Gasteiger partial charge < -0.3 is 4.90 Å². The van der Waals surface area contributed by atoms with E-state index in [1.165, 1.54) is 0 Å². The standard InChI is InChI=1S/C9H18N4/c1-7(2)9-10-8(6-12(3)4)13(5)11-9/h7H,6H2,1-5H3. The fraction of sp³-hybridized carbons (Fsp3) is 0.778. The lowest BCUT2D eigenvalue weighted by Crippen LogP contribution is -2.14. The zero-order valence-corrected chi connectivity index (χ0v) is 9.07. The van der Waals surface area contributed by atoms with Crippen molar-refractivity contribution in [2.75, 3.05) is 14.1 Å². The molecule has 0 spiro atoms. The van der Waals surface area contributed by atoms with Crippen molar-refractivity contribution in [3.05, 3.63) is 11.6 Å². The van der Waals surface area contributed by atoms with Crippen LogP contribution in [0.25, 0.3) is 0 Å². The topological polar surface area (TPSA) is 34.0 Å². The summed E-state index contributed by atoms with van der Waals surface area (Å²) in [6, 6.07) is 0.